The van der Waals surface area contributed by atoms with Crippen molar-refractivity contribution < 1.29 is 9.59 Å². The summed E-state index contributed by atoms with van der Waals surface area (Å²) in [7, 11) is 0. The summed E-state index contributed by atoms with van der Waals surface area (Å²) < 4.78 is 0. The number of nitrogens with zero attached hydrogens (tertiary/aromatic N) is 1. The van der Waals surface area contributed by atoms with Crippen molar-refractivity contribution in [2.45, 2.75) is 32.9 Å². The van der Waals surface area contributed by atoms with Gasteiger partial charge in [0.2, 0.25) is 0 Å². The van der Waals surface area contributed by atoms with E-state index in [1.165, 1.54) is 17.4 Å². The van der Waals surface area contributed by atoms with Crippen molar-refractivity contribution in [3.8, 4) is 0 Å². The Kier molecular flexibility index (Phi) is 4.63. The predicted molar refractivity (Wildman–Crippen MR) is 91.0 cm³/mol. The number of thiophene rings is 1. The van der Waals surface area contributed by atoms with Gasteiger partial charge in [0, 0.05) is 42.3 Å². The van der Waals surface area contributed by atoms with Crippen LogP contribution in [-0.4, -0.2) is 40.7 Å². The van der Waals surface area contributed by atoms with Crippen LogP contribution in [0.1, 0.15) is 45.1 Å². The first-order valence-electron chi connectivity index (χ1n) is 7.81. The van der Waals surface area contributed by atoms with Crippen LogP contribution in [0.25, 0.3) is 0 Å². The molecule has 0 aliphatic carbocycles. The third kappa shape index (κ3) is 3.54. The van der Waals surface area contributed by atoms with Crippen LogP contribution >= 0.6 is 11.3 Å². The Bertz CT molecular complexity index is 719. The van der Waals surface area contributed by atoms with Gasteiger partial charge in [-0.25, -0.2) is 0 Å². The molecule has 1 aliphatic rings. The lowest BCUT2D eigenvalue weighted by Gasteiger charge is -2.32. The highest BCUT2D eigenvalue weighted by Gasteiger charge is 2.22. The Morgan fingerprint density at radius 2 is 2.30 bits per heavy atom. The van der Waals surface area contributed by atoms with E-state index in [4.69, 9.17) is 0 Å². The van der Waals surface area contributed by atoms with Crippen molar-refractivity contribution in [2.75, 3.05) is 13.1 Å². The average molecular weight is 331 g/mol. The summed E-state index contributed by atoms with van der Waals surface area (Å²) in [4.78, 5) is 30.2. The molecule has 2 aromatic rings. The summed E-state index contributed by atoms with van der Waals surface area (Å²) in [6.07, 6.45) is 2.66. The Labute approximate surface area is 139 Å². The molecule has 0 bridgehead atoms. The molecule has 6 heteroatoms. The fourth-order valence-electron chi connectivity index (χ4n) is 2.84. The summed E-state index contributed by atoms with van der Waals surface area (Å²) in [5.74, 6) is -0.217. The van der Waals surface area contributed by atoms with Gasteiger partial charge in [-0.2, -0.15) is 0 Å². The van der Waals surface area contributed by atoms with Crippen LogP contribution in [0.5, 0.6) is 0 Å². The molecule has 0 radical (unpaired) electrons. The van der Waals surface area contributed by atoms with Crippen LogP contribution in [0.4, 0.5) is 0 Å². The molecule has 0 saturated heterocycles. The van der Waals surface area contributed by atoms with Gasteiger partial charge in [0.1, 0.15) is 5.69 Å². The van der Waals surface area contributed by atoms with Crippen LogP contribution in [0.15, 0.2) is 23.7 Å². The molecule has 3 heterocycles. The number of carbonyl (C=O) groups is 2. The van der Waals surface area contributed by atoms with E-state index in [0.717, 1.165) is 19.5 Å². The van der Waals surface area contributed by atoms with Crippen molar-refractivity contribution in [1.82, 2.24) is 15.2 Å². The van der Waals surface area contributed by atoms with Gasteiger partial charge in [-0.05, 0) is 43.3 Å². The van der Waals surface area contributed by atoms with Crippen molar-refractivity contribution in [3.63, 3.8) is 0 Å². The van der Waals surface area contributed by atoms with Gasteiger partial charge in [0.05, 0.1) is 0 Å². The lowest BCUT2D eigenvalue weighted by molar-refractivity contribution is 0.0928. The zero-order valence-corrected chi connectivity index (χ0v) is 14.2. The van der Waals surface area contributed by atoms with Crippen LogP contribution in [0, 0.1) is 0 Å². The average Bonchev–Trinajstić information content (AvgIpc) is 3.20. The largest absolute Gasteiger partial charge is 0.356 e. The highest BCUT2D eigenvalue weighted by atomic mass is 32.1. The lowest BCUT2D eigenvalue weighted by Crippen LogP contribution is -2.44. The zero-order chi connectivity index (χ0) is 16.4. The fraction of sp³-hybridized carbons (Fsp3) is 0.412. The molecule has 5 nitrogen and oxygen atoms in total. The fourth-order valence-corrected chi connectivity index (χ4v) is 3.73. The quantitative estimate of drug-likeness (QED) is 0.827. The minimum Gasteiger partial charge on any atom is -0.356 e. The number of rotatable bonds is 5. The zero-order valence-electron chi connectivity index (χ0n) is 13.4. The van der Waals surface area contributed by atoms with Crippen molar-refractivity contribution in [3.05, 3.63) is 45.4 Å². The molecular weight excluding hydrogens is 310 g/mol. The Morgan fingerprint density at radius 1 is 1.48 bits per heavy atom. The summed E-state index contributed by atoms with van der Waals surface area (Å²) >= 11 is 1.83. The number of H-pyrrole nitrogens is 1. The SMILES string of the molecule is CC(=O)c1c[nH]c(C(=O)NC[C@@H](C)N2CCc3sccc3C2)c1. The maximum absolute atomic E-state index is 12.2. The first-order chi connectivity index (χ1) is 11.0. The Hall–Kier alpha value is -1.92. The van der Waals surface area contributed by atoms with E-state index in [1.807, 2.05) is 11.3 Å². The lowest BCUT2D eigenvalue weighted by atomic mass is 10.1. The number of amides is 1. The third-order valence-corrected chi connectivity index (χ3v) is 5.38. The monoisotopic (exact) mass is 331 g/mol. The van der Waals surface area contributed by atoms with Gasteiger partial charge >= 0.3 is 0 Å². The summed E-state index contributed by atoms with van der Waals surface area (Å²) in [6.45, 7) is 6.19. The second kappa shape index (κ2) is 6.68. The number of aromatic amines is 1. The van der Waals surface area contributed by atoms with E-state index in [-0.39, 0.29) is 17.7 Å². The summed E-state index contributed by atoms with van der Waals surface area (Å²) in [6, 6.07) is 4.06. The van der Waals surface area contributed by atoms with E-state index in [0.29, 0.717) is 17.8 Å². The highest BCUT2D eigenvalue weighted by Crippen LogP contribution is 2.24. The molecule has 0 aromatic carbocycles. The number of Topliss-reactive ketones (excluding diaryl/α,β-unsaturated/α-hetero) is 1. The molecule has 3 rings (SSSR count). The smallest absolute Gasteiger partial charge is 0.267 e. The van der Waals surface area contributed by atoms with Crippen LogP contribution in [0.2, 0.25) is 0 Å². The molecule has 1 aliphatic heterocycles. The van der Waals surface area contributed by atoms with Crippen LogP contribution in [0.3, 0.4) is 0 Å². The minimum atomic E-state index is -0.169. The van der Waals surface area contributed by atoms with Crippen molar-refractivity contribution in [1.29, 1.82) is 0 Å². The molecule has 23 heavy (non-hydrogen) atoms. The van der Waals surface area contributed by atoms with Gasteiger partial charge < -0.3 is 10.3 Å². The molecule has 2 N–H and O–H groups in total. The number of ketones is 1. The molecule has 0 fully saturated rings. The number of hydrogen-bond acceptors (Lipinski definition) is 4. The molecule has 0 spiro atoms. The third-order valence-electron chi connectivity index (χ3n) is 4.35. The van der Waals surface area contributed by atoms with E-state index in [2.05, 4.69) is 33.6 Å². The molecule has 0 saturated carbocycles. The van der Waals surface area contributed by atoms with E-state index in [1.54, 1.807) is 12.3 Å². The van der Waals surface area contributed by atoms with Crippen LogP contribution < -0.4 is 5.32 Å². The van der Waals surface area contributed by atoms with Gasteiger partial charge in [0.15, 0.2) is 5.78 Å². The van der Waals surface area contributed by atoms with Crippen LogP contribution in [-0.2, 0) is 13.0 Å². The molecule has 1 atom stereocenters. The number of hydrogen-bond donors (Lipinski definition) is 2. The maximum atomic E-state index is 12.2. The van der Waals surface area contributed by atoms with Gasteiger partial charge in [-0.3, -0.25) is 14.5 Å². The Morgan fingerprint density at radius 3 is 3.04 bits per heavy atom. The molecular formula is C17H21N3O2S. The van der Waals surface area contributed by atoms with Gasteiger partial charge in [-0.1, -0.05) is 0 Å². The first-order valence-corrected chi connectivity index (χ1v) is 8.69. The van der Waals surface area contributed by atoms with Crippen molar-refractivity contribution >= 4 is 23.0 Å². The predicted octanol–water partition coefficient (Wildman–Crippen LogP) is 2.46. The number of aromatic nitrogens is 1. The second-order valence-corrected chi connectivity index (χ2v) is 7.01. The second-order valence-electron chi connectivity index (χ2n) is 6.01. The molecule has 0 unspecified atom stereocenters. The summed E-state index contributed by atoms with van der Waals surface area (Å²) in [5.41, 5.74) is 2.38. The minimum absolute atomic E-state index is 0.0476. The number of nitrogens with one attached hydrogen (secondary N) is 2. The Balaban J connectivity index is 1.53. The van der Waals surface area contributed by atoms with E-state index >= 15 is 0 Å². The molecule has 1 amide bonds. The van der Waals surface area contributed by atoms with Gasteiger partial charge in [0.25, 0.3) is 5.91 Å². The van der Waals surface area contributed by atoms with Gasteiger partial charge in [-0.15, -0.1) is 11.3 Å². The molecule has 122 valence electrons. The van der Waals surface area contributed by atoms with Crippen molar-refractivity contribution in [2.24, 2.45) is 0 Å². The topological polar surface area (TPSA) is 65.2 Å². The number of fused-ring (bicyclic) bond motifs is 1. The number of carbonyl (C=O) groups excluding carboxylic acids is 2. The van der Waals surface area contributed by atoms with E-state index in [9.17, 15) is 9.59 Å². The highest BCUT2D eigenvalue weighted by molar-refractivity contribution is 7.10. The molecule has 2 aromatic heterocycles. The summed E-state index contributed by atoms with van der Waals surface area (Å²) in [5, 5.41) is 5.10. The maximum Gasteiger partial charge on any atom is 0.267 e. The normalized spacial score (nSPS) is 15.9. The first kappa shape index (κ1) is 16.0. The van der Waals surface area contributed by atoms with E-state index < -0.39 is 0 Å². The standard InChI is InChI=1S/C17H21N3O2S/c1-11(20-5-3-16-13(10-20)4-6-23-16)8-19-17(22)15-7-14(9-18-15)12(2)21/h4,6-7,9,11,18H,3,5,8,10H2,1-2H3,(H,19,22)/t11-/m1/s1.